The van der Waals surface area contributed by atoms with Crippen molar-refractivity contribution < 1.29 is 26.5 Å². The van der Waals surface area contributed by atoms with Crippen molar-refractivity contribution in [3.63, 3.8) is 0 Å². The average Bonchev–Trinajstić information content (AvgIpc) is 3.01. The van der Waals surface area contributed by atoms with Crippen LogP contribution in [0, 0.1) is 25.5 Å². The number of rotatable bonds is 3. The Kier molecular flexibility index (Phi) is 6.89. The van der Waals surface area contributed by atoms with Gasteiger partial charge in [0, 0.05) is 11.8 Å². The minimum absolute atomic E-state index is 0.0810. The standard InChI is InChI=1S/C10H9N3O4S2.C7H6F2/c1-6-9(19(15,16)17)18-10(12-6)13-8(14)7-4-2-3-5-11-7;1-5-6(8)3-2-4-7(5)9/h2-5H,1H3,(H,12,13,14)(H,15,16,17);2-4H,1H3. The second-order valence-corrected chi connectivity index (χ2v) is 8.00. The third-order valence-corrected chi connectivity index (χ3v) is 5.82. The van der Waals surface area contributed by atoms with Crippen molar-refractivity contribution in [3.05, 3.63) is 71.2 Å². The Morgan fingerprint density at radius 3 is 2.21 bits per heavy atom. The van der Waals surface area contributed by atoms with Crippen molar-refractivity contribution in [2.24, 2.45) is 0 Å². The summed E-state index contributed by atoms with van der Waals surface area (Å²) in [6.45, 7) is 2.83. The lowest BCUT2D eigenvalue weighted by molar-refractivity contribution is 0.102. The Labute approximate surface area is 163 Å². The van der Waals surface area contributed by atoms with Crippen molar-refractivity contribution in [1.82, 2.24) is 9.97 Å². The van der Waals surface area contributed by atoms with Gasteiger partial charge in [0.15, 0.2) is 9.34 Å². The van der Waals surface area contributed by atoms with Gasteiger partial charge in [0.2, 0.25) is 0 Å². The van der Waals surface area contributed by atoms with E-state index >= 15 is 0 Å². The molecule has 3 rings (SSSR count). The Bertz CT molecular complexity index is 1070. The lowest BCUT2D eigenvalue weighted by atomic mass is 10.2. The molecule has 3 aromatic rings. The van der Waals surface area contributed by atoms with E-state index in [1.165, 1.54) is 44.3 Å². The molecule has 148 valence electrons. The van der Waals surface area contributed by atoms with Crippen molar-refractivity contribution >= 4 is 32.5 Å². The third-order valence-electron chi connectivity index (χ3n) is 3.31. The van der Waals surface area contributed by atoms with Crippen LogP contribution in [0.25, 0.3) is 0 Å². The molecule has 0 unspecified atom stereocenters. The summed E-state index contributed by atoms with van der Waals surface area (Å²) in [6.07, 6.45) is 1.46. The van der Waals surface area contributed by atoms with Crippen LogP contribution in [0.2, 0.25) is 0 Å². The maximum absolute atomic E-state index is 12.3. The Morgan fingerprint density at radius 2 is 1.75 bits per heavy atom. The molecular formula is C17H15F2N3O4S2. The quantitative estimate of drug-likeness (QED) is 0.618. The summed E-state index contributed by atoms with van der Waals surface area (Å²) < 4.78 is 55.4. The molecule has 1 aromatic carbocycles. The molecule has 0 aliphatic rings. The highest BCUT2D eigenvalue weighted by Gasteiger charge is 2.20. The van der Waals surface area contributed by atoms with Gasteiger partial charge in [-0.25, -0.2) is 13.8 Å². The highest BCUT2D eigenvalue weighted by Crippen LogP contribution is 2.26. The number of nitrogens with one attached hydrogen (secondary N) is 1. The minimum atomic E-state index is -4.32. The number of benzene rings is 1. The first-order chi connectivity index (χ1) is 13.1. The first-order valence-corrected chi connectivity index (χ1v) is 9.93. The zero-order valence-electron chi connectivity index (χ0n) is 14.7. The third kappa shape index (κ3) is 5.62. The zero-order chi connectivity index (χ0) is 20.9. The number of halogens is 2. The fraction of sp³-hybridized carbons (Fsp3) is 0.118. The number of carbonyl (C=O) groups is 1. The molecule has 0 atom stereocenters. The second kappa shape index (κ2) is 8.95. The fourth-order valence-corrected chi connectivity index (χ4v) is 3.69. The van der Waals surface area contributed by atoms with Crippen LogP contribution >= 0.6 is 11.3 Å². The van der Waals surface area contributed by atoms with Crippen LogP contribution in [-0.2, 0) is 10.1 Å². The van der Waals surface area contributed by atoms with Gasteiger partial charge in [-0.3, -0.25) is 19.6 Å². The van der Waals surface area contributed by atoms with Gasteiger partial charge in [0.1, 0.15) is 17.3 Å². The van der Waals surface area contributed by atoms with Gasteiger partial charge in [0.25, 0.3) is 5.91 Å². The van der Waals surface area contributed by atoms with Crippen LogP contribution < -0.4 is 5.32 Å². The van der Waals surface area contributed by atoms with E-state index in [2.05, 4.69) is 15.3 Å². The van der Waals surface area contributed by atoms with E-state index in [4.69, 9.17) is 4.55 Å². The monoisotopic (exact) mass is 427 g/mol. The van der Waals surface area contributed by atoms with Crippen molar-refractivity contribution in [1.29, 1.82) is 0 Å². The molecule has 0 saturated heterocycles. The van der Waals surface area contributed by atoms with Crippen LogP contribution in [0.3, 0.4) is 0 Å². The number of thiazole rings is 1. The molecule has 7 nitrogen and oxygen atoms in total. The molecule has 0 fully saturated rings. The predicted molar refractivity (Wildman–Crippen MR) is 100.0 cm³/mol. The first kappa shape index (κ1) is 21.5. The van der Waals surface area contributed by atoms with Gasteiger partial charge < -0.3 is 0 Å². The number of carbonyl (C=O) groups excluding carboxylic acids is 1. The van der Waals surface area contributed by atoms with Crippen molar-refractivity contribution in [3.8, 4) is 0 Å². The molecule has 0 aliphatic heterocycles. The normalized spacial score (nSPS) is 10.8. The van der Waals surface area contributed by atoms with Gasteiger partial charge in [-0.1, -0.05) is 23.5 Å². The Hall–Kier alpha value is -2.76. The Balaban J connectivity index is 0.000000261. The molecule has 2 aromatic heterocycles. The van der Waals surface area contributed by atoms with Crippen LogP contribution in [0.5, 0.6) is 0 Å². The molecule has 11 heteroatoms. The molecule has 0 saturated carbocycles. The summed E-state index contributed by atoms with van der Waals surface area (Å²) in [5, 5.41) is 2.51. The van der Waals surface area contributed by atoms with Gasteiger partial charge in [-0.15, -0.1) is 0 Å². The van der Waals surface area contributed by atoms with E-state index in [9.17, 15) is 22.0 Å². The smallest absolute Gasteiger partial charge is 0.296 e. The summed E-state index contributed by atoms with van der Waals surface area (Å²) in [4.78, 5) is 19.5. The maximum atomic E-state index is 12.3. The molecule has 1 amide bonds. The first-order valence-electron chi connectivity index (χ1n) is 7.67. The lowest BCUT2D eigenvalue weighted by Gasteiger charge is -1.99. The number of anilines is 1. The largest absolute Gasteiger partial charge is 0.306 e. The number of pyridine rings is 1. The van der Waals surface area contributed by atoms with Gasteiger partial charge in [-0.2, -0.15) is 8.42 Å². The van der Waals surface area contributed by atoms with E-state index in [-0.39, 0.29) is 26.3 Å². The minimum Gasteiger partial charge on any atom is -0.296 e. The summed E-state index contributed by atoms with van der Waals surface area (Å²) in [5.41, 5.74) is 0.394. The maximum Gasteiger partial charge on any atom is 0.306 e. The fourth-order valence-electron chi connectivity index (χ4n) is 1.91. The van der Waals surface area contributed by atoms with E-state index in [1.807, 2.05) is 0 Å². The van der Waals surface area contributed by atoms with E-state index in [0.29, 0.717) is 11.3 Å². The number of hydrogen-bond donors (Lipinski definition) is 2. The van der Waals surface area contributed by atoms with Crippen molar-refractivity contribution in [2.75, 3.05) is 5.32 Å². The van der Waals surface area contributed by atoms with Crippen molar-refractivity contribution in [2.45, 2.75) is 18.1 Å². The molecule has 2 heterocycles. The van der Waals surface area contributed by atoms with Gasteiger partial charge in [0.05, 0.1) is 5.69 Å². The average molecular weight is 427 g/mol. The molecule has 2 N–H and O–H groups in total. The molecule has 0 bridgehead atoms. The highest BCUT2D eigenvalue weighted by molar-refractivity contribution is 7.88. The number of nitrogens with zero attached hydrogens (tertiary/aromatic N) is 2. The van der Waals surface area contributed by atoms with Gasteiger partial charge in [-0.05, 0) is 38.1 Å². The molecule has 0 radical (unpaired) electrons. The SMILES string of the molecule is Cc1c(F)cccc1F.Cc1nc(NC(=O)c2ccccn2)sc1S(=O)(=O)O. The summed E-state index contributed by atoms with van der Waals surface area (Å²) in [5.74, 6) is -1.48. The summed E-state index contributed by atoms with van der Waals surface area (Å²) >= 11 is 0.681. The summed E-state index contributed by atoms with van der Waals surface area (Å²) in [7, 11) is -4.32. The molecule has 0 spiro atoms. The van der Waals surface area contributed by atoms with Crippen LogP contribution in [0.15, 0.2) is 46.8 Å². The zero-order valence-corrected chi connectivity index (χ0v) is 16.3. The summed E-state index contributed by atoms with van der Waals surface area (Å²) in [6, 6.07) is 8.65. The van der Waals surface area contributed by atoms with E-state index in [0.717, 1.165) is 0 Å². The highest BCUT2D eigenvalue weighted by atomic mass is 32.3. The molecule has 28 heavy (non-hydrogen) atoms. The Morgan fingerprint density at radius 1 is 1.11 bits per heavy atom. The van der Waals surface area contributed by atoms with Crippen LogP contribution in [0.4, 0.5) is 13.9 Å². The lowest BCUT2D eigenvalue weighted by Crippen LogP contribution is -2.13. The number of aromatic nitrogens is 2. The van der Waals surface area contributed by atoms with E-state index < -0.39 is 27.7 Å². The van der Waals surface area contributed by atoms with Gasteiger partial charge >= 0.3 is 10.1 Å². The van der Waals surface area contributed by atoms with Crippen LogP contribution in [0.1, 0.15) is 21.7 Å². The molecule has 0 aliphatic carbocycles. The van der Waals surface area contributed by atoms with Crippen LogP contribution in [-0.4, -0.2) is 28.8 Å². The molecular weight excluding hydrogens is 412 g/mol. The van der Waals surface area contributed by atoms with E-state index in [1.54, 1.807) is 12.1 Å². The predicted octanol–water partition coefficient (Wildman–Crippen LogP) is 3.62. The number of hydrogen-bond acceptors (Lipinski definition) is 6. The second-order valence-electron chi connectivity index (χ2n) is 5.38. The number of aryl methyl sites for hydroxylation is 1. The number of amides is 1. The topological polar surface area (TPSA) is 109 Å².